The highest BCUT2D eigenvalue weighted by atomic mass is 35.5. The Hall–Kier alpha value is -2.60. The number of imide groups is 1. The van der Waals surface area contributed by atoms with Crippen LogP contribution in [-0.2, 0) is 22.7 Å². The first kappa shape index (κ1) is 35.6. The van der Waals surface area contributed by atoms with E-state index in [0.717, 1.165) is 31.5 Å². The highest BCUT2D eigenvalue weighted by molar-refractivity contribution is 6.32. The summed E-state index contributed by atoms with van der Waals surface area (Å²) in [6.45, 7) is 7.15. The molecule has 0 bridgehead atoms. The van der Waals surface area contributed by atoms with Crippen LogP contribution in [0.2, 0.25) is 5.02 Å². The number of carbonyl (C=O) groups is 2. The molecule has 0 aliphatic carbocycles. The van der Waals surface area contributed by atoms with E-state index >= 15 is 0 Å². The van der Waals surface area contributed by atoms with Crippen molar-refractivity contribution in [1.29, 1.82) is 0 Å². The van der Waals surface area contributed by atoms with Gasteiger partial charge in [-0.1, -0.05) is 115 Å². The van der Waals surface area contributed by atoms with Gasteiger partial charge in [0.2, 0.25) is 11.6 Å². The van der Waals surface area contributed by atoms with Crippen LogP contribution in [0.1, 0.15) is 123 Å². The van der Waals surface area contributed by atoms with Crippen LogP contribution < -0.4 is 14.0 Å². The SMILES string of the molecule is CCCCCCCCCCCCCCCCOc1ccc(OCC(=O)N(Cc2cccc[n+]2CCC)C(C)=O)cc1Cl. The minimum atomic E-state index is -0.399. The number of pyridine rings is 1. The fourth-order valence-electron chi connectivity index (χ4n) is 5.04. The number of aryl methyl sites for hydroxylation is 1. The van der Waals surface area contributed by atoms with Crippen LogP contribution in [-0.4, -0.2) is 29.9 Å². The Labute approximate surface area is 259 Å². The second-order valence-corrected chi connectivity index (χ2v) is 11.6. The summed E-state index contributed by atoms with van der Waals surface area (Å²) in [6.07, 6.45) is 21.4. The van der Waals surface area contributed by atoms with Gasteiger partial charge in [-0.15, -0.1) is 0 Å². The Kier molecular flexibility index (Phi) is 18.7. The van der Waals surface area contributed by atoms with Crippen molar-refractivity contribution in [2.45, 2.75) is 130 Å². The van der Waals surface area contributed by atoms with Gasteiger partial charge in [-0.2, -0.15) is 0 Å². The Morgan fingerprint density at radius 3 is 1.98 bits per heavy atom. The highest BCUT2D eigenvalue weighted by Crippen LogP contribution is 2.29. The van der Waals surface area contributed by atoms with Crippen molar-refractivity contribution in [3.63, 3.8) is 0 Å². The van der Waals surface area contributed by atoms with Crippen LogP contribution in [0.5, 0.6) is 11.5 Å². The van der Waals surface area contributed by atoms with Crippen LogP contribution in [0.4, 0.5) is 0 Å². The standard InChI is InChI=1S/C35H54ClN2O4/c1-4-6-7-8-9-10-11-12-13-14-15-16-17-20-26-41-34-23-22-32(27-33(34)36)42-29-35(40)38(30(3)39)28-31-21-18-19-25-37(31)24-5-2/h18-19,21-23,25,27H,4-17,20,24,26,28-29H2,1-3H3/q+1. The van der Waals surface area contributed by atoms with Crippen molar-refractivity contribution in [3.05, 3.63) is 53.3 Å². The lowest BCUT2D eigenvalue weighted by Crippen LogP contribution is -2.44. The molecule has 0 saturated carbocycles. The summed E-state index contributed by atoms with van der Waals surface area (Å²) in [5.41, 5.74) is 0.895. The number of ether oxygens (including phenoxy) is 2. The van der Waals surface area contributed by atoms with Crippen molar-refractivity contribution >= 4 is 23.4 Å². The van der Waals surface area contributed by atoms with E-state index in [0.29, 0.717) is 23.1 Å². The van der Waals surface area contributed by atoms with Crippen molar-refractivity contribution < 1.29 is 23.6 Å². The third kappa shape index (κ3) is 14.5. The second kappa shape index (κ2) is 22.0. The maximum atomic E-state index is 12.9. The summed E-state index contributed by atoms with van der Waals surface area (Å²) in [7, 11) is 0. The van der Waals surface area contributed by atoms with Gasteiger partial charge in [0.25, 0.3) is 5.91 Å². The Morgan fingerprint density at radius 1 is 0.786 bits per heavy atom. The third-order valence-corrected chi connectivity index (χ3v) is 7.82. The zero-order valence-electron chi connectivity index (χ0n) is 26.4. The van der Waals surface area contributed by atoms with Crippen LogP contribution in [0.3, 0.4) is 0 Å². The molecule has 2 aromatic rings. The molecule has 1 aromatic heterocycles. The van der Waals surface area contributed by atoms with Crippen LogP contribution in [0.15, 0.2) is 42.6 Å². The Morgan fingerprint density at radius 2 is 1.40 bits per heavy atom. The van der Waals surface area contributed by atoms with Gasteiger partial charge in [-0.3, -0.25) is 14.5 Å². The number of hydrogen-bond acceptors (Lipinski definition) is 4. The normalized spacial score (nSPS) is 11.0. The van der Waals surface area contributed by atoms with E-state index in [2.05, 4.69) is 18.4 Å². The number of unbranched alkanes of at least 4 members (excludes halogenated alkanes) is 13. The lowest BCUT2D eigenvalue weighted by molar-refractivity contribution is -0.704. The maximum absolute atomic E-state index is 12.9. The molecule has 0 aliphatic rings. The lowest BCUT2D eigenvalue weighted by atomic mass is 10.0. The zero-order valence-corrected chi connectivity index (χ0v) is 27.1. The number of benzene rings is 1. The molecule has 0 aliphatic heterocycles. The third-order valence-electron chi connectivity index (χ3n) is 7.52. The minimum absolute atomic E-state index is 0.200. The van der Waals surface area contributed by atoms with Gasteiger partial charge in [0, 0.05) is 31.5 Å². The van der Waals surface area contributed by atoms with Crippen LogP contribution in [0.25, 0.3) is 0 Å². The molecule has 0 N–H and O–H groups in total. The van der Waals surface area contributed by atoms with E-state index in [-0.39, 0.29) is 19.1 Å². The molecule has 2 amide bonds. The van der Waals surface area contributed by atoms with Crippen LogP contribution >= 0.6 is 11.6 Å². The van der Waals surface area contributed by atoms with E-state index in [1.54, 1.807) is 18.2 Å². The summed E-state index contributed by atoms with van der Waals surface area (Å²) < 4.78 is 13.6. The summed E-state index contributed by atoms with van der Waals surface area (Å²) in [5, 5.41) is 0.443. The van der Waals surface area contributed by atoms with Crippen molar-refractivity contribution in [2.24, 2.45) is 0 Å². The van der Waals surface area contributed by atoms with Crippen molar-refractivity contribution in [3.8, 4) is 11.5 Å². The first-order valence-electron chi connectivity index (χ1n) is 16.3. The molecule has 0 unspecified atom stereocenters. The van der Waals surface area contributed by atoms with Gasteiger partial charge < -0.3 is 9.47 Å². The lowest BCUT2D eigenvalue weighted by Gasteiger charge is -2.18. The van der Waals surface area contributed by atoms with Crippen molar-refractivity contribution in [1.82, 2.24) is 4.90 Å². The van der Waals surface area contributed by atoms with E-state index in [1.807, 2.05) is 24.4 Å². The average Bonchev–Trinajstić information content (AvgIpc) is 2.98. The van der Waals surface area contributed by atoms with Gasteiger partial charge >= 0.3 is 0 Å². The molecule has 0 spiro atoms. The number of hydrogen-bond donors (Lipinski definition) is 0. The first-order valence-corrected chi connectivity index (χ1v) is 16.7. The number of rotatable bonds is 23. The molecule has 7 heteroatoms. The number of aromatic nitrogens is 1. The number of halogens is 1. The summed E-state index contributed by atoms with van der Waals surface area (Å²) >= 11 is 6.42. The second-order valence-electron chi connectivity index (χ2n) is 11.2. The smallest absolute Gasteiger partial charge is 0.267 e. The van der Waals surface area contributed by atoms with E-state index in [4.69, 9.17) is 21.1 Å². The molecule has 0 radical (unpaired) electrons. The summed E-state index contributed by atoms with van der Waals surface area (Å²) in [5.74, 6) is 0.353. The quantitative estimate of drug-likeness (QED) is 0.0942. The molecule has 234 valence electrons. The number of nitrogens with zero attached hydrogens (tertiary/aromatic N) is 2. The predicted octanol–water partition coefficient (Wildman–Crippen LogP) is 8.85. The fourth-order valence-corrected chi connectivity index (χ4v) is 5.27. The molecule has 1 aromatic carbocycles. The van der Waals surface area contributed by atoms with Gasteiger partial charge in [0.05, 0.1) is 11.6 Å². The maximum Gasteiger partial charge on any atom is 0.267 e. The minimum Gasteiger partial charge on any atom is -0.492 e. The zero-order chi connectivity index (χ0) is 30.4. The van der Waals surface area contributed by atoms with Crippen molar-refractivity contribution in [2.75, 3.05) is 13.2 Å². The van der Waals surface area contributed by atoms with Gasteiger partial charge in [0.15, 0.2) is 12.8 Å². The van der Waals surface area contributed by atoms with E-state index < -0.39 is 5.91 Å². The Bertz CT molecular complexity index is 1050. The molecular weight excluding hydrogens is 548 g/mol. The number of carbonyl (C=O) groups excluding carboxylic acids is 2. The van der Waals surface area contributed by atoms with Gasteiger partial charge in [-0.25, -0.2) is 4.57 Å². The molecule has 6 nitrogen and oxygen atoms in total. The average molecular weight is 602 g/mol. The molecule has 0 fully saturated rings. The fraction of sp³-hybridized carbons (Fsp3) is 0.629. The molecule has 0 atom stereocenters. The number of amides is 2. The predicted molar refractivity (Wildman–Crippen MR) is 171 cm³/mol. The summed E-state index contributed by atoms with van der Waals surface area (Å²) in [4.78, 5) is 26.3. The molecule has 2 rings (SSSR count). The van der Waals surface area contributed by atoms with E-state index in [9.17, 15) is 9.59 Å². The monoisotopic (exact) mass is 601 g/mol. The van der Waals surface area contributed by atoms with Gasteiger partial charge in [0.1, 0.15) is 24.6 Å². The first-order chi connectivity index (χ1) is 20.5. The molecule has 1 heterocycles. The molecular formula is C35H54ClN2O4+. The van der Waals surface area contributed by atoms with Gasteiger partial charge in [-0.05, 0) is 18.6 Å². The van der Waals surface area contributed by atoms with E-state index in [1.165, 1.54) is 88.9 Å². The van der Waals surface area contributed by atoms with Crippen LogP contribution in [0, 0.1) is 0 Å². The largest absolute Gasteiger partial charge is 0.492 e. The summed E-state index contributed by atoms with van der Waals surface area (Å²) in [6, 6.07) is 10.9. The molecule has 42 heavy (non-hydrogen) atoms. The highest BCUT2D eigenvalue weighted by Gasteiger charge is 2.23. The topological polar surface area (TPSA) is 59.7 Å². The Balaban J connectivity index is 1.63. The molecule has 0 saturated heterocycles.